The normalized spacial score (nSPS) is 29.4. The van der Waals surface area contributed by atoms with Crippen LogP contribution in [0.4, 0.5) is 0 Å². The Balaban J connectivity index is 1.66. The molecule has 4 nitrogen and oxygen atoms in total. The Morgan fingerprint density at radius 2 is 2.20 bits per heavy atom. The maximum atomic E-state index is 11.8. The zero-order valence-electron chi connectivity index (χ0n) is 11.9. The van der Waals surface area contributed by atoms with Gasteiger partial charge in [0.15, 0.2) is 0 Å². The van der Waals surface area contributed by atoms with E-state index in [-0.39, 0.29) is 12.0 Å². The number of ether oxygens (including phenoxy) is 1. The minimum absolute atomic E-state index is 0.0653. The average Bonchev–Trinajstić information content (AvgIpc) is 3.10. The lowest BCUT2D eigenvalue weighted by Gasteiger charge is -2.27. The number of amides is 1. The number of rotatable bonds is 5. The third kappa shape index (κ3) is 2.80. The second kappa shape index (κ2) is 5.09. The van der Waals surface area contributed by atoms with Gasteiger partial charge in [-0.1, -0.05) is 12.1 Å². The van der Waals surface area contributed by atoms with Crippen molar-refractivity contribution < 1.29 is 9.53 Å². The lowest BCUT2D eigenvalue weighted by atomic mass is 9.96. The molecule has 3 rings (SSSR count). The molecule has 0 radical (unpaired) electrons. The van der Waals surface area contributed by atoms with Crippen LogP contribution in [-0.2, 0) is 4.79 Å². The van der Waals surface area contributed by atoms with Gasteiger partial charge in [0.1, 0.15) is 17.4 Å². The van der Waals surface area contributed by atoms with Crippen LogP contribution in [0, 0.1) is 6.92 Å². The number of hydrogen-bond acceptors (Lipinski definition) is 3. The van der Waals surface area contributed by atoms with Crippen LogP contribution in [0.1, 0.15) is 37.7 Å². The summed E-state index contributed by atoms with van der Waals surface area (Å²) in [4.78, 5) is 11.8. The van der Waals surface area contributed by atoms with Gasteiger partial charge >= 0.3 is 0 Å². The van der Waals surface area contributed by atoms with Gasteiger partial charge in [-0.25, -0.2) is 0 Å². The average molecular weight is 274 g/mol. The molecular weight excluding hydrogens is 252 g/mol. The summed E-state index contributed by atoms with van der Waals surface area (Å²) in [6.07, 6.45) is 4.69. The molecule has 4 heteroatoms. The number of carbonyl (C=O) groups is 1. The van der Waals surface area contributed by atoms with Crippen molar-refractivity contribution in [2.75, 3.05) is 0 Å². The Labute approximate surface area is 119 Å². The van der Waals surface area contributed by atoms with Crippen molar-refractivity contribution in [3.63, 3.8) is 0 Å². The highest BCUT2D eigenvalue weighted by molar-refractivity contribution is 5.85. The minimum atomic E-state index is -0.560. The molecule has 1 amide bonds. The fourth-order valence-corrected chi connectivity index (χ4v) is 3.03. The maximum absolute atomic E-state index is 11.8. The van der Waals surface area contributed by atoms with E-state index >= 15 is 0 Å². The van der Waals surface area contributed by atoms with E-state index in [0.717, 1.165) is 31.4 Å². The summed E-state index contributed by atoms with van der Waals surface area (Å²) in [6, 6.07) is 8.50. The van der Waals surface area contributed by atoms with Gasteiger partial charge in [-0.3, -0.25) is 4.79 Å². The number of hydrogen-bond donors (Lipinski definition) is 2. The van der Waals surface area contributed by atoms with Crippen LogP contribution in [-0.4, -0.2) is 23.6 Å². The molecule has 20 heavy (non-hydrogen) atoms. The quantitative estimate of drug-likeness (QED) is 0.862. The molecule has 0 spiro atoms. The summed E-state index contributed by atoms with van der Waals surface area (Å²) in [5, 5.41) is 3.44. The lowest BCUT2D eigenvalue weighted by Crippen LogP contribution is -2.55. The van der Waals surface area contributed by atoms with Gasteiger partial charge in [-0.2, -0.15) is 0 Å². The van der Waals surface area contributed by atoms with Crippen molar-refractivity contribution in [1.82, 2.24) is 5.32 Å². The first-order chi connectivity index (χ1) is 9.57. The summed E-state index contributed by atoms with van der Waals surface area (Å²) in [7, 11) is 0. The molecule has 2 aliphatic carbocycles. The molecule has 2 aliphatic rings. The van der Waals surface area contributed by atoms with Gasteiger partial charge in [0.2, 0.25) is 5.91 Å². The van der Waals surface area contributed by atoms with E-state index in [4.69, 9.17) is 10.5 Å². The molecule has 2 fully saturated rings. The first kappa shape index (κ1) is 13.4. The van der Waals surface area contributed by atoms with E-state index in [9.17, 15) is 4.79 Å². The fraction of sp³-hybridized carbons (Fsp3) is 0.562. The fourth-order valence-electron chi connectivity index (χ4n) is 3.03. The lowest BCUT2D eigenvalue weighted by molar-refractivity contribution is -0.124. The van der Waals surface area contributed by atoms with E-state index < -0.39 is 5.54 Å². The Bertz CT molecular complexity index is 513. The molecule has 0 aromatic heterocycles. The van der Waals surface area contributed by atoms with Crippen molar-refractivity contribution in [1.29, 1.82) is 0 Å². The molecule has 0 saturated heterocycles. The molecule has 2 saturated carbocycles. The predicted octanol–water partition coefficient (Wildman–Crippen LogP) is 1.90. The topological polar surface area (TPSA) is 64.3 Å². The van der Waals surface area contributed by atoms with Crippen LogP contribution in [0.2, 0.25) is 0 Å². The number of carbonyl (C=O) groups excluding carboxylic acids is 1. The second-order valence-electron chi connectivity index (χ2n) is 6.16. The Morgan fingerprint density at radius 3 is 2.85 bits per heavy atom. The molecule has 0 heterocycles. The van der Waals surface area contributed by atoms with E-state index in [2.05, 4.69) is 5.32 Å². The zero-order valence-corrected chi connectivity index (χ0v) is 11.9. The van der Waals surface area contributed by atoms with Gasteiger partial charge in [-0.05, 0) is 50.3 Å². The maximum Gasteiger partial charge on any atom is 0.237 e. The van der Waals surface area contributed by atoms with Gasteiger partial charge in [-0.15, -0.1) is 0 Å². The zero-order chi connectivity index (χ0) is 14.2. The predicted molar refractivity (Wildman–Crippen MR) is 77.5 cm³/mol. The largest absolute Gasteiger partial charge is 0.490 e. The van der Waals surface area contributed by atoms with Gasteiger partial charge < -0.3 is 15.8 Å². The highest BCUT2D eigenvalue weighted by Gasteiger charge is 2.47. The molecule has 1 aromatic rings. The second-order valence-corrected chi connectivity index (χ2v) is 6.16. The SMILES string of the molecule is Cc1cccc(OC2CCC(NC3CC3)(C(N)=O)C2)c1. The van der Waals surface area contributed by atoms with Crippen LogP contribution in [0.25, 0.3) is 0 Å². The monoisotopic (exact) mass is 274 g/mol. The van der Waals surface area contributed by atoms with E-state index in [1.54, 1.807) is 0 Å². The number of benzene rings is 1. The molecule has 1 aromatic carbocycles. The summed E-state index contributed by atoms with van der Waals surface area (Å²) in [5.74, 6) is 0.640. The summed E-state index contributed by atoms with van der Waals surface area (Å²) in [5.41, 5.74) is 6.25. The van der Waals surface area contributed by atoms with E-state index in [1.807, 2.05) is 31.2 Å². The standard InChI is InChI=1S/C16H22N2O2/c1-11-3-2-4-13(9-11)20-14-7-8-16(10-14,15(17)19)18-12-5-6-12/h2-4,9,12,14,18H,5-8,10H2,1H3,(H2,17,19). The summed E-state index contributed by atoms with van der Waals surface area (Å²) < 4.78 is 6.02. The first-order valence-electron chi connectivity index (χ1n) is 7.38. The third-order valence-electron chi connectivity index (χ3n) is 4.29. The molecule has 2 atom stereocenters. The van der Waals surface area contributed by atoms with Crippen LogP contribution in [0.15, 0.2) is 24.3 Å². The van der Waals surface area contributed by atoms with Crippen molar-refractivity contribution >= 4 is 5.91 Å². The summed E-state index contributed by atoms with van der Waals surface area (Å²) >= 11 is 0. The number of nitrogens with two attached hydrogens (primary N) is 1. The summed E-state index contributed by atoms with van der Waals surface area (Å²) in [6.45, 7) is 2.05. The Hall–Kier alpha value is -1.55. The molecular formula is C16H22N2O2. The van der Waals surface area contributed by atoms with Crippen molar-refractivity contribution in [3.8, 4) is 5.75 Å². The van der Waals surface area contributed by atoms with E-state index in [1.165, 1.54) is 5.56 Å². The highest BCUT2D eigenvalue weighted by Crippen LogP contribution is 2.36. The number of aryl methyl sites for hydroxylation is 1. The van der Waals surface area contributed by atoms with Crippen molar-refractivity contribution in [3.05, 3.63) is 29.8 Å². The molecule has 0 aliphatic heterocycles. The van der Waals surface area contributed by atoms with Crippen LogP contribution in [0.5, 0.6) is 5.75 Å². The molecule has 0 bridgehead atoms. The van der Waals surface area contributed by atoms with Crippen molar-refractivity contribution in [2.24, 2.45) is 5.73 Å². The van der Waals surface area contributed by atoms with Crippen LogP contribution in [0.3, 0.4) is 0 Å². The first-order valence-corrected chi connectivity index (χ1v) is 7.38. The molecule has 2 unspecified atom stereocenters. The molecule has 108 valence electrons. The van der Waals surface area contributed by atoms with Crippen molar-refractivity contribution in [2.45, 2.75) is 56.7 Å². The van der Waals surface area contributed by atoms with Crippen LogP contribution < -0.4 is 15.8 Å². The van der Waals surface area contributed by atoms with Gasteiger partial charge in [0, 0.05) is 12.5 Å². The molecule has 3 N–H and O–H groups in total. The van der Waals surface area contributed by atoms with Crippen LogP contribution >= 0.6 is 0 Å². The van der Waals surface area contributed by atoms with E-state index in [0.29, 0.717) is 12.5 Å². The number of primary amides is 1. The Kier molecular flexibility index (Phi) is 3.42. The highest BCUT2D eigenvalue weighted by atomic mass is 16.5. The smallest absolute Gasteiger partial charge is 0.237 e. The Morgan fingerprint density at radius 1 is 1.40 bits per heavy atom. The number of nitrogens with one attached hydrogen (secondary N) is 1. The third-order valence-corrected chi connectivity index (χ3v) is 4.29. The van der Waals surface area contributed by atoms with Gasteiger partial charge in [0.05, 0.1) is 0 Å². The van der Waals surface area contributed by atoms with Gasteiger partial charge in [0.25, 0.3) is 0 Å². The minimum Gasteiger partial charge on any atom is -0.490 e.